The topological polar surface area (TPSA) is 95.9 Å². The lowest BCUT2D eigenvalue weighted by atomic mass is 10.2. The summed E-state index contributed by atoms with van der Waals surface area (Å²) in [6.45, 7) is 1.59. The lowest BCUT2D eigenvalue weighted by Gasteiger charge is -2.21. The van der Waals surface area contributed by atoms with Gasteiger partial charge in [-0.15, -0.1) is 0 Å². The average molecular weight is 294 g/mol. The first-order valence-electron chi connectivity index (χ1n) is 6.40. The maximum absolute atomic E-state index is 11.9. The predicted molar refractivity (Wildman–Crippen MR) is 70.1 cm³/mol. The van der Waals surface area contributed by atoms with Crippen molar-refractivity contribution in [3.8, 4) is 0 Å². The first kappa shape index (κ1) is 16.4. The number of sulfonamides is 1. The lowest BCUT2D eigenvalue weighted by molar-refractivity contribution is -0.124. The van der Waals surface area contributed by atoms with Gasteiger partial charge in [-0.05, 0) is 19.3 Å². The van der Waals surface area contributed by atoms with Crippen LogP contribution in [0.5, 0.6) is 0 Å². The highest BCUT2D eigenvalue weighted by Crippen LogP contribution is 2.20. The van der Waals surface area contributed by atoms with Crippen molar-refractivity contribution in [1.29, 1.82) is 0 Å². The van der Waals surface area contributed by atoms with Gasteiger partial charge in [-0.3, -0.25) is 4.79 Å². The van der Waals surface area contributed by atoms with Crippen molar-refractivity contribution in [2.75, 3.05) is 39.2 Å². The number of carbonyl (C=O) groups is 1. The summed E-state index contributed by atoms with van der Waals surface area (Å²) in [5.41, 5.74) is 0. The van der Waals surface area contributed by atoms with E-state index in [2.05, 4.69) is 5.32 Å². The number of hydrogen-bond donors (Lipinski definition) is 2. The molecule has 0 aromatic carbocycles. The second-order valence-electron chi connectivity index (χ2n) is 4.51. The first-order chi connectivity index (χ1) is 8.96. The van der Waals surface area contributed by atoms with Crippen LogP contribution in [-0.2, 0) is 19.6 Å². The molecule has 1 amide bonds. The second kappa shape index (κ2) is 7.78. The third-order valence-corrected chi connectivity index (χ3v) is 4.22. The van der Waals surface area contributed by atoms with Gasteiger partial charge >= 0.3 is 0 Å². The van der Waals surface area contributed by atoms with Gasteiger partial charge in [0.1, 0.15) is 6.04 Å². The molecule has 2 N–H and O–H groups in total. The van der Waals surface area contributed by atoms with Gasteiger partial charge in [0.15, 0.2) is 0 Å². The van der Waals surface area contributed by atoms with E-state index >= 15 is 0 Å². The molecule has 0 radical (unpaired) electrons. The highest BCUT2D eigenvalue weighted by atomic mass is 32.2. The summed E-state index contributed by atoms with van der Waals surface area (Å²) in [5.74, 6) is -0.245. The number of nitrogens with zero attached hydrogens (tertiary/aromatic N) is 1. The van der Waals surface area contributed by atoms with Crippen molar-refractivity contribution in [1.82, 2.24) is 9.62 Å². The van der Waals surface area contributed by atoms with Gasteiger partial charge < -0.3 is 15.2 Å². The molecule has 0 aromatic rings. The summed E-state index contributed by atoms with van der Waals surface area (Å²) in [4.78, 5) is 11.9. The third kappa shape index (κ3) is 5.43. The summed E-state index contributed by atoms with van der Waals surface area (Å²) >= 11 is 0. The van der Waals surface area contributed by atoms with E-state index in [1.54, 1.807) is 0 Å². The second-order valence-corrected chi connectivity index (χ2v) is 6.45. The number of aliphatic hydroxyl groups excluding tert-OH is 1. The van der Waals surface area contributed by atoms with Crippen molar-refractivity contribution in [3.05, 3.63) is 0 Å². The van der Waals surface area contributed by atoms with E-state index in [1.807, 2.05) is 0 Å². The van der Waals surface area contributed by atoms with Crippen LogP contribution in [-0.4, -0.2) is 68.9 Å². The minimum atomic E-state index is -3.32. The van der Waals surface area contributed by atoms with Crippen LogP contribution in [0, 0.1) is 0 Å². The summed E-state index contributed by atoms with van der Waals surface area (Å²) in [5, 5.41) is 11.2. The summed E-state index contributed by atoms with van der Waals surface area (Å²) < 4.78 is 29.3. The minimum Gasteiger partial charge on any atom is -0.394 e. The quantitative estimate of drug-likeness (QED) is 0.556. The van der Waals surface area contributed by atoms with Crippen LogP contribution < -0.4 is 5.32 Å². The zero-order valence-electron chi connectivity index (χ0n) is 11.2. The van der Waals surface area contributed by atoms with Crippen LogP contribution >= 0.6 is 0 Å². The molecule has 1 saturated heterocycles. The van der Waals surface area contributed by atoms with Crippen LogP contribution in [0.2, 0.25) is 0 Å². The van der Waals surface area contributed by atoms with Crippen molar-refractivity contribution in [3.63, 3.8) is 0 Å². The Morgan fingerprint density at radius 1 is 1.47 bits per heavy atom. The monoisotopic (exact) mass is 294 g/mol. The van der Waals surface area contributed by atoms with Crippen molar-refractivity contribution >= 4 is 15.9 Å². The molecule has 1 aliphatic heterocycles. The fraction of sp³-hybridized carbons (Fsp3) is 0.909. The molecule has 0 aliphatic carbocycles. The SMILES string of the molecule is CS(=O)(=O)N1CCCC1C(=O)NCCCOCCO. The number of amides is 1. The first-order valence-corrected chi connectivity index (χ1v) is 8.25. The minimum absolute atomic E-state index is 0.0161. The van der Waals surface area contributed by atoms with Crippen LogP contribution in [0.15, 0.2) is 0 Å². The van der Waals surface area contributed by atoms with E-state index in [0.717, 1.165) is 6.26 Å². The van der Waals surface area contributed by atoms with E-state index in [1.165, 1.54) is 4.31 Å². The Balaban J connectivity index is 2.29. The molecule has 0 bridgehead atoms. The fourth-order valence-corrected chi connectivity index (χ4v) is 3.19. The van der Waals surface area contributed by atoms with Gasteiger partial charge in [0.25, 0.3) is 0 Å². The smallest absolute Gasteiger partial charge is 0.238 e. The average Bonchev–Trinajstić information content (AvgIpc) is 2.82. The Hall–Kier alpha value is -0.700. The molecule has 0 saturated carbocycles. The van der Waals surface area contributed by atoms with Crippen molar-refractivity contribution in [2.45, 2.75) is 25.3 Å². The van der Waals surface area contributed by atoms with Crippen LogP contribution in [0.4, 0.5) is 0 Å². The van der Waals surface area contributed by atoms with Crippen LogP contribution in [0.25, 0.3) is 0 Å². The van der Waals surface area contributed by atoms with Crippen molar-refractivity contribution < 1.29 is 23.1 Å². The Morgan fingerprint density at radius 2 is 2.21 bits per heavy atom. The maximum Gasteiger partial charge on any atom is 0.238 e. The maximum atomic E-state index is 11.9. The molecule has 0 aromatic heterocycles. The largest absolute Gasteiger partial charge is 0.394 e. The molecule has 1 aliphatic rings. The van der Waals surface area contributed by atoms with Gasteiger partial charge in [-0.25, -0.2) is 8.42 Å². The number of nitrogens with one attached hydrogen (secondary N) is 1. The van der Waals surface area contributed by atoms with Gasteiger partial charge in [-0.1, -0.05) is 0 Å². The summed E-state index contributed by atoms with van der Waals surface area (Å²) in [6, 6.07) is -0.576. The zero-order valence-corrected chi connectivity index (χ0v) is 12.0. The van der Waals surface area contributed by atoms with E-state index in [9.17, 15) is 13.2 Å². The Bertz CT molecular complexity index is 385. The van der Waals surface area contributed by atoms with Gasteiger partial charge in [0, 0.05) is 19.7 Å². The lowest BCUT2D eigenvalue weighted by Crippen LogP contribution is -2.45. The van der Waals surface area contributed by atoms with Gasteiger partial charge in [-0.2, -0.15) is 4.31 Å². The Morgan fingerprint density at radius 3 is 2.84 bits per heavy atom. The van der Waals surface area contributed by atoms with Gasteiger partial charge in [0.05, 0.1) is 19.5 Å². The molecule has 112 valence electrons. The third-order valence-electron chi connectivity index (χ3n) is 2.93. The fourth-order valence-electron chi connectivity index (χ4n) is 2.07. The van der Waals surface area contributed by atoms with Crippen molar-refractivity contribution in [2.24, 2.45) is 0 Å². The highest BCUT2D eigenvalue weighted by Gasteiger charge is 2.36. The summed E-state index contributed by atoms with van der Waals surface area (Å²) in [7, 11) is -3.32. The van der Waals surface area contributed by atoms with E-state index in [4.69, 9.17) is 9.84 Å². The number of carbonyl (C=O) groups excluding carboxylic acids is 1. The molecular weight excluding hydrogens is 272 g/mol. The molecule has 1 fully saturated rings. The molecule has 0 spiro atoms. The zero-order chi connectivity index (χ0) is 14.3. The molecule has 19 heavy (non-hydrogen) atoms. The highest BCUT2D eigenvalue weighted by molar-refractivity contribution is 7.88. The van der Waals surface area contributed by atoms with E-state index in [-0.39, 0.29) is 12.5 Å². The Kier molecular flexibility index (Phi) is 6.70. The number of rotatable bonds is 8. The standard InChI is InChI=1S/C11H22N2O5S/c1-19(16,17)13-6-2-4-10(13)11(15)12-5-3-8-18-9-7-14/h10,14H,2-9H2,1H3,(H,12,15). The molecular formula is C11H22N2O5S. The normalized spacial score (nSPS) is 20.6. The molecule has 1 unspecified atom stereocenters. The molecule has 7 nitrogen and oxygen atoms in total. The Labute approximate surface area is 114 Å². The predicted octanol–water partition coefficient (Wildman–Crippen LogP) is -1.07. The number of hydrogen-bond acceptors (Lipinski definition) is 5. The molecule has 1 atom stereocenters. The molecule has 8 heteroatoms. The van der Waals surface area contributed by atoms with E-state index in [0.29, 0.717) is 45.6 Å². The number of aliphatic hydroxyl groups is 1. The molecule has 1 heterocycles. The van der Waals surface area contributed by atoms with E-state index < -0.39 is 16.1 Å². The summed E-state index contributed by atoms with van der Waals surface area (Å²) in [6.07, 6.45) is 3.04. The molecule has 1 rings (SSSR count). The van der Waals surface area contributed by atoms with Crippen LogP contribution in [0.3, 0.4) is 0 Å². The number of ether oxygens (including phenoxy) is 1. The van der Waals surface area contributed by atoms with Crippen LogP contribution in [0.1, 0.15) is 19.3 Å². The van der Waals surface area contributed by atoms with Gasteiger partial charge in [0.2, 0.25) is 15.9 Å².